The fourth-order valence-electron chi connectivity index (χ4n) is 4.47. The maximum absolute atomic E-state index is 13.2. The molecule has 0 bridgehead atoms. The van der Waals surface area contributed by atoms with Crippen LogP contribution in [-0.4, -0.2) is 44.2 Å². The summed E-state index contributed by atoms with van der Waals surface area (Å²) >= 11 is 0. The number of rotatable bonds is 13. The predicted octanol–water partition coefficient (Wildman–Crippen LogP) is 3.97. The Balaban J connectivity index is 1.67. The molecular formula is C23H34F2O5. The van der Waals surface area contributed by atoms with Gasteiger partial charge in [0.25, 0.3) is 0 Å². The summed E-state index contributed by atoms with van der Waals surface area (Å²) in [6.07, 6.45) is 5.25. The molecule has 170 valence electrons. The van der Waals surface area contributed by atoms with E-state index in [0.29, 0.717) is 50.5 Å². The van der Waals surface area contributed by atoms with Crippen molar-refractivity contribution in [1.29, 1.82) is 0 Å². The molecule has 4 unspecified atom stereocenters. The van der Waals surface area contributed by atoms with Crippen LogP contribution in [-0.2, 0) is 11.2 Å². The first-order valence-corrected chi connectivity index (χ1v) is 10.9. The molecule has 30 heavy (non-hydrogen) atoms. The molecule has 0 radical (unpaired) electrons. The highest BCUT2D eigenvalue weighted by Crippen LogP contribution is 2.40. The molecule has 0 heterocycles. The van der Waals surface area contributed by atoms with Gasteiger partial charge >= 0.3 is 5.97 Å². The Labute approximate surface area is 176 Å². The lowest BCUT2D eigenvalue weighted by Gasteiger charge is -2.24. The zero-order chi connectivity index (χ0) is 22.1. The number of aliphatic carboxylic acids is 1. The highest BCUT2D eigenvalue weighted by atomic mass is 19.1. The molecule has 0 aliphatic heterocycles. The molecule has 5 nitrogen and oxygen atoms in total. The van der Waals surface area contributed by atoms with Gasteiger partial charge in [-0.3, -0.25) is 4.79 Å². The molecule has 1 saturated carbocycles. The normalized spacial score (nSPS) is 24.8. The Morgan fingerprint density at radius 2 is 1.73 bits per heavy atom. The van der Waals surface area contributed by atoms with Crippen molar-refractivity contribution in [3.8, 4) is 0 Å². The summed E-state index contributed by atoms with van der Waals surface area (Å²) in [5, 5.41) is 39.9. The third kappa shape index (κ3) is 8.66. The second kappa shape index (κ2) is 11.7. The van der Waals surface area contributed by atoms with Gasteiger partial charge < -0.3 is 20.4 Å². The maximum atomic E-state index is 13.2. The molecule has 4 atom stereocenters. The molecule has 7 heteroatoms. The standard InChI is InChI=1S/C23H34F2O5/c24-18-11-16(12-19(25)13-18)7-8-20(26)9-10-23(30)14-17(21(27)15-23)5-3-1-2-4-6-22(28)29/h11-13,17,20-21,26-27,30H,1-10,14-15H2,(H,28,29). The van der Waals surface area contributed by atoms with Crippen molar-refractivity contribution < 1.29 is 34.0 Å². The van der Waals surface area contributed by atoms with E-state index < -0.39 is 35.4 Å². The first kappa shape index (κ1) is 24.7. The van der Waals surface area contributed by atoms with Gasteiger partial charge in [-0.15, -0.1) is 0 Å². The van der Waals surface area contributed by atoms with Crippen molar-refractivity contribution >= 4 is 5.97 Å². The van der Waals surface area contributed by atoms with Crippen LogP contribution in [0, 0.1) is 17.6 Å². The smallest absolute Gasteiger partial charge is 0.303 e. The molecule has 1 fully saturated rings. The van der Waals surface area contributed by atoms with E-state index in [2.05, 4.69) is 0 Å². The molecule has 0 aromatic heterocycles. The number of carboxylic acid groups (broad SMARTS) is 1. The van der Waals surface area contributed by atoms with Gasteiger partial charge in [0.1, 0.15) is 11.6 Å². The fourth-order valence-corrected chi connectivity index (χ4v) is 4.47. The van der Waals surface area contributed by atoms with E-state index in [1.165, 1.54) is 12.1 Å². The molecule has 1 aliphatic rings. The summed E-state index contributed by atoms with van der Waals surface area (Å²) in [4.78, 5) is 10.5. The minimum absolute atomic E-state index is 0.0156. The Hall–Kier alpha value is -1.57. The number of aliphatic hydroxyl groups excluding tert-OH is 2. The summed E-state index contributed by atoms with van der Waals surface area (Å²) < 4.78 is 26.5. The van der Waals surface area contributed by atoms with E-state index in [9.17, 15) is 28.9 Å². The molecule has 0 spiro atoms. The van der Waals surface area contributed by atoms with Crippen molar-refractivity contribution in [2.24, 2.45) is 5.92 Å². The van der Waals surface area contributed by atoms with E-state index in [-0.39, 0.29) is 12.3 Å². The van der Waals surface area contributed by atoms with Gasteiger partial charge in [-0.05, 0) is 68.6 Å². The zero-order valence-electron chi connectivity index (χ0n) is 17.4. The van der Waals surface area contributed by atoms with E-state index in [1.807, 2.05) is 0 Å². The van der Waals surface area contributed by atoms with Crippen LogP contribution in [0.4, 0.5) is 8.78 Å². The summed E-state index contributed by atoms with van der Waals surface area (Å²) in [6.45, 7) is 0. The number of benzene rings is 1. The fraction of sp³-hybridized carbons (Fsp3) is 0.696. The molecular weight excluding hydrogens is 394 g/mol. The average Bonchev–Trinajstić information content (AvgIpc) is 2.94. The maximum Gasteiger partial charge on any atom is 0.303 e. The zero-order valence-corrected chi connectivity index (χ0v) is 17.4. The lowest BCUT2D eigenvalue weighted by molar-refractivity contribution is -0.137. The van der Waals surface area contributed by atoms with Crippen molar-refractivity contribution in [2.45, 2.75) is 94.9 Å². The molecule has 4 N–H and O–H groups in total. The third-order valence-corrected chi connectivity index (χ3v) is 6.12. The van der Waals surface area contributed by atoms with Gasteiger partial charge in [-0.1, -0.05) is 19.3 Å². The third-order valence-electron chi connectivity index (χ3n) is 6.12. The van der Waals surface area contributed by atoms with Crippen LogP contribution in [0.5, 0.6) is 0 Å². The number of carboxylic acids is 1. The minimum Gasteiger partial charge on any atom is -0.481 e. The lowest BCUT2D eigenvalue weighted by Crippen LogP contribution is -2.27. The molecule has 0 saturated heterocycles. The lowest BCUT2D eigenvalue weighted by atomic mass is 9.90. The van der Waals surface area contributed by atoms with Gasteiger partial charge in [0.15, 0.2) is 0 Å². The van der Waals surface area contributed by atoms with Crippen LogP contribution in [0.1, 0.15) is 76.2 Å². The topological polar surface area (TPSA) is 98.0 Å². The monoisotopic (exact) mass is 428 g/mol. The number of aryl methyl sites for hydroxylation is 1. The molecule has 1 aliphatic carbocycles. The van der Waals surface area contributed by atoms with Gasteiger partial charge in [-0.2, -0.15) is 0 Å². The van der Waals surface area contributed by atoms with E-state index >= 15 is 0 Å². The Morgan fingerprint density at radius 1 is 1.07 bits per heavy atom. The van der Waals surface area contributed by atoms with Gasteiger partial charge in [0, 0.05) is 18.9 Å². The number of hydrogen-bond donors (Lipinski definition) is 4. The Morgan fingerprint density at radius 3 is 2.40 bits per heavy atom. The number of aliphatic hydroxyl groups is 3. The summed E-state index contributed by atoms with van der Waals surface area (Å²) in [5.41, 5.74) is -0.510. The van der Waals surface area contributed by atoms with Crippen LogP contribution >= 0.6 is 0 Å². The Kier molecular flexibility index (Phi) is 9.65. The van der Waals surface area contributed by atoms with Gasteiger partial charge in [0.2, 0.25) is 0 Å². The van der Waals surface area contributed by atoms with Gasteiger partial charge in [0.05, 0.1) is 17.8 Å². The average molecular weight is 429 g/mol. The quantitative estimate of drug-likeness (QED) is 0.357. The molecule has 1 aromatic rings. The first-order chi connectivity index (χ1) is 14.2. The highest BCUT2D eigenvalue weighted by Gasteiger charge is 2.42. The number of halogens is 2. The first-order valence-electron chi connectivity index (χ1n) is 10.9. The van der Waals surface area contributed by atoms with Crippen LogP contribution in [0.25, 0.3) is 0 Å². The van der Waals surface area contributed by atoms with E-state index in [1.54, 1.807) is 0 Å². The SMILES string of the molecule is O=C(O)CCCCCCC1CC(O)(CCC(O)CCc2cc(F)cc(F)c2)CC1O. The van der Waals surface area contributed by atoms with Crippen molar-refractivity contribution in [2.75, 3.05) is 0 Å². The van der Waals surface area contributed by atoms with Crippen molar-refractivity contribution in [3.05, 3.63) is 35.4 Å². The van der Waals surface area contributed by atoms with Crippen LogP contribution in [0.2, 0.25) is 0 Å². The second-order valence-corrected chi connectivity index (χ2v) is 8.82. The van der Waals surface area contributed by atoms with Crippen LogP contribution < -0.4 is 0 Å². The largest absolute Gasteiger partial charge is 0.481 e. The number of carbonyl (C=O) groups is 1. The highest BCUT2D eigenvalue weighted by molar-refractivity contribution is 5.66. The van der Waals surface area contributed by atoms with Gasteiger partial charge in [-0.25, -0.2) is 8.78 Å². The summed E-state index contributed by atoms with van der Waals surface area (Å²) in [6, 6.07) is 3.32. The number of hydrogen-bond acceptors (Lipinski definition) is 4. The van der Waals surface area contributed by atoms with E-state index in [0.717, 1.165) is 31.7 Å². The minimum atomic E-state index is -1.00. The van der Waals surface area contributed by atoms with E-state index in [4.69, 9.17) is 5.11 Å². The molecule has 2 rings (SSSR count). The molecule has 0 amide bonds. The van der Waals surface area contributed by atoms with Crippen LogP contribution in [0.3, 0.4) is 0 Å². The molecule has 1 aromatic carbocycles. The Bertz CT molecular complexity index is 663. The predicted molar refractivity (Wildman–Crippen MR) is 109 cm³/mol. The van der Waals surface area contributed by atoms with Crippen molar-refractivity contribution in [3.63, 3.8) is 0 Å². The number of unbranched alkanes of at least 4 members (excludes halogenated alkanes) is 3. The van der Waals surface area contributed by atoms with Crippen molar-refractivity contribution in [1.82, 2.24) is 0 Å². The van der Waals surface area contributed by atoms with Crippen LogP contribution in [0.15, 0.2) is 18.2 Å². The second-order valence-electron chi connectivity index (χ2n) is 8.82. The summed E-state index contributed by atoms with van der Waals surface area (Å²) in [7, 11) is 0. The summed E-state index contributed by atoms with van der Waals surface area (Å²) in [5.74, 6) is -2.04.